The molecule has 0 aromatic carbocycles. The van der Waals surface area contributed by atoms with Gasteiger partial charge >= 0.3 is 5.97 Å². The van der Waals surface area contributed by atoms with Crippen molar-refractivity contribution in [1.29, 1.82) is 0 Å². The van der Waals surface area contributed by atoms with Crippen LogP contribution in [0.5, 0.6) is 0 Å². The average Bonchev–Trinajstić information content (AvgIpc) is 2.45. The third-order valence-electron chi connectivity index (χ3n) is 1.64. The number of nitrogens with zero attached hydrogens (tertiary/aromatic N) is 3. The van der Waals surface area contributed by atoms with Gasteiger partial charge < -0.3 is 5.11 Å². The quantitative estimate of drug-likeness (QED) is 0.744. The number of aromatic carboxylic acids is 1. The zero-order valence-electron chi connectivity index (χ0n) is 6.31. The summed E-state index contributed by atoms with van der Waals surface area (Å²) < 4.78 is 1.00. The number of carboxylic acids is 1. The molecule has 0 aliphatic heterocycles. The molecular formula is C7H4ClN3O2. The molecule has 0 aliphatic rings. The minimum Gasteiger partial charge on any atom is -0.476 e. The topological polar surface area (TPSA) is 68.0 Å². The number of hydrogen-bond acceptors (Lipinski definition) is 3. The van der Waals surface area contributed by atoms with Crippen LogP contribution in [0.2, 0.25) is 0 Å². The number of carbonyl (C=O) groups is 1. The molecule has 0 atom stereocenters. The molecule has 0 amide bonds. The first-order valence-electron chi connectivity index (χ1n) is 3.42. The minimum atomic E-state index is -1.11. The summed E-state index contributed by atoms with van der Waals surface area (Å²) in [6.07, 6.45) is 2.94. The summed E-state index contributed by atoms with van der Waals surface area (Å²) in [6.45, 7) is 0. The Hall–Kier alpha value is -1.62. The van der Waals surface area contributed by atoms with E-state index in [9.17, 15) is 4.79 Å². The maximum atomic E-state index is 10.7. The molecule has 0 saturated heterocycles. The largest absolute Gasteiger partial charge is 0.476 e. The molecule has 5 nitrogen and oxygen atoms in total. The Labute approximate surface area is 77.7 Å². The van der Waals surface area contributed by atoms with Crippen LogP contribution in [0.1, 0.15) is 10.5 Å². The second-order valence-electron chi connectivity index (χ2n) is 2.41. The van der Waals surface area contributed by atoms with Crippen molar-refractivity contribution < 1.29 is 9.90 Å². The molecule has 1 N–H and O–H groups in total. The molecule has 66 valence electrons. The summed E-state index contributed by atoms with van der Waals surface area (Å²) in [5.41, 5.74) is 0.451. The molecule has 0 bridgehead atoms. The van der Waals surface area contributed by atoms with E-state index in [1.165, 1.54) is 12.4 Å². The lowest BCUT2D eigenvalue weighted by atomic mass is 10.2. The fourth-order valence-electron chi connectivity index (χ4n) is 1.08. The molecule has 0 unspecified atom stereocenters. The van der Waals surface area contributed by atoms with Crippen LogP contribution in [0.4, 0.5) is 0 Å². The van der Waals surface area contributed by atoms with Gasteiger partial charge in [-0.1, -0.05) is 0 Å². The third-order valence-corrected chi connectivity index (χ3v) is 1.90. The Kier molecular flexibility index (Phi) is 1.66. The molecule has 0 spiro atoms. The van der Waals surface area contributed by atoms with Crippen LogP contribution in [0, 0.1) is 0 Å². The predicted octanol–water partition coefficient (Wildman–Crippen LogP) is 1.13. The Balaban J connectivity index is 2.85. The van der Waals surface area contributed by atoms with Crippen LogP contribution in [-0.4, -0.2) is 25.4 Å². The fraction of sp³-hybridized carbons (Fsp3) is 0. The highest BCUT2D eigenvalue weighted by Gasteiger charge is 2.14. The van der Waals surface area contributed by atoms with Gasteiger partial charge in [-0.05, 0) is 6.07 Å². The van der Waals surface area contributed by atoms with Gasteiger partial charge in [0.15, 0.2) is 5.69 Å². The number of hydrogen-bond donors (Lipinski definition) is 1. The van der Waals surface area contributed by atoms with E-state index in [1.54, 1.807) is 6.07 Å². The minimum absolute atomic E-state index is 0.0851. The molecule has 6 heteroatoms. The SMILES string of the molecule is O=C(O)c1nn(Cl)c2ccncc12. The van der Waals surface area contributed by atoms with Gasteiger partial charge in [0.25, 0.3) is 0 Å². The van der Waals surface area contributed by atoms with Crippen LogP contribution >= 0.6 is 11.8 Å². The first-order chi connectivity index (χ1) is 6.20. The predicted molar refractivity (Wildman–Crippen MR) is 45.7 cm³/mol. The van der Waals surface area contributed by atoms with Crippen LogP contribution in [-0.2, 0) is 0 Å². The van der Waals surface area contributed by atoms with E-state index in [1.807, 2.05) is 0 Å². The van der Waals surface area contributed by atoms with Crippen molar-refractivity contribution >= 4 is 28.6 Å². The lowest BCUT2D eigenvalue weighted by molar-refractivity contribution is 0.0692. The molecule has 13 heavy (non-hydrogen) atoms. The highest BCUT2D eigenvalue weighted by molar-refractivity contribution is 6.19. The van der Waals surface area contributed by atoms with E-state index in [2.05, 4.69) is 10.1 Å². The van der Waals surface area contributed by atoms with Gasteiger partial charge in [-0.3, -0.25) is 4.98 Å². The maximum Gasteiger partial charge on any atom is 0.357 e. The zero-order valence-corrected chi connectivity index (χ0v) is 7.06. The third kappa shape index (κ3) is 1.13. The molecule has 2 aromatic heterocycles. The van der Waals surface area contributed by atoms with Gasteiger partial charge in [0, 0.05) is 24.2 Å². The first kappa shape index (κ1) is 8.00. The Morgan fingerprint density at radius 1 is 1.62 bits per heavy atom. The van der Waals surface area contributed by atoms with E-state index in [0.29, 0.717) is 10.9 Å². The second-order valence-corrected chi connectivity index (χ2v) is 2.73. The number of carboxylic acid groups (broad SMARTS) is 1. The summed E-state index contributed by atoms with van der Waals surface area (Å²) >= 11 is 5.64. The van der Waals surface area contributed by atoms with Crippen molar-refractivity contribution in [2.24, 2.45) is 0 Å². The van der Waals surface area contributed by atoms with E-state index in [4.69, 9.17) is 16.9 Å². The van der Waals surface area contributed by atoms with E-state index in [-0.39, 0.29) is 5.69 Å². The Morgan fingerprint density at radius 3 is 3.08 bits per heavy atom. The Bertz CT molecular complexity index is 480. The monoisotopic (exact) mass is 197 g/mol. The van der Waals surface area contributed by atoms with Gasteiger partial charge in [0.05, 0.1) is 10.9 Å². The van der Waals surface area contributed by atoms with Gasteiger partial charge in [-0.15, -0.1) is 5.10 Å². The standard InChI is InChI=1S/C7H4ClN3O2/c8-11-5-1-2-9-3-4(5)6(10-11)7(12)13/h1-3H,(H,12,13). The van der Waals surface area contributed by atoms with Crippen LogP contribution in [0.15, 0.2) is 18.5 Å². The van der Waals surface area contributed by atoms with Gasteiger partial charge in [0.2, 0.25) is 0 Å². The summed E-state index contributed by atoms with van der Waals surface area (Å²) in [6, 6.07) is 1.60. The van der Waals surface area contributed by atoms with Gasteiger partial charge in [0.1, 0.15) is 0 Å². The summed E-state index contributed by atoms with van der Waals surface area (Å²) in [5, 5.41) is 12.8. The fourth-order valence-corrected chi connectivity index (χ4v) is 1.31. The van der Waals surface area contributed by atoms with Crippen molar-refractivity contribution in [1.82, 2.24) is 14.3 Å². The smallest absolute Gasteiger partial charge is 0.357 e. The first-order valence-corrected chi connectivity index (χ1v) is 3.76. The van der Waals surface area contributed by atoms with Crippen molar-refractivity contribution in [2.45, 2.75) is 0 Å². The number of halogens is 1. The highest BCUT2D eigenvalue weighted by Crippen LogP contribution is 2.17. The molecule has 2 aromatic rings. The maximum absolute atomic E-state index is 10.7. The summed E-state index contributed by atoms with van der Waals surface area (Å²) in [5.74, 6) is -1.11. The van der Waals surface area contributed by atoms with E-state index < -0.39 is 5.97 Å². The molecule has 2 rings (SSSR count). The van der Waals surface area contributed by atoms with Gasteiger partial charge in [-0.25, -0.2) is 4.79 Å². The number of fused-ring (bicyclic) bond motifs is 1. The van der Waals surface area contributed by atoms with Crippen LogP contribution in [0.25, 0.3) is 10.9 Å². The van der Waals surface area contributed by atoms with Crippen molar-refractivity contribution in [3.8, 4) is 0 Å². The van der Waals surface area contributed by atoms with Crippen molar-refractivity contribution in [2.75, 3.05) is 0 Å². The molecule has 0 fully saturated rings. The van der Waals surface area contributed by atoms with E-state index in [0.717, 1.165) is 4.20 Å². The number of rotatable bonds is 1. The summed E-state index contributed by atoms with van der Waals surface area (Å²) in [4.78, 5) is 14.5. The van der Waals surface area contributed by atoms with Gasteiger partial charge in [-0.2, -0.15) is 4.20 Å². The zero-order chi connectivity index (χ0) is 9.42. The molecule has 0 radical (unpaired) electrons. The molecular weight excluding hydrogens is 194 g/mol. The lowest BCUT2D eigenvalue weighted by Crippen LogP contribution is -1.97. The molecule has 0 saturated carbocycles. The van der Waals surface area contributed by atoms with Crippen LogP contribution < -0.4 is 0 Å². The Morgan fingerprint density at radius 2 is 2.38 bits per heavy atom. The molecule has 2 heterocycles. The normalized spacial score (nSPS) is 10.5. The van der Waals surface area contributed by atoms with Crippen molar-refractivity contribution in [3.63, 3.8) is 0 Å². The van der Waals surface area contributed by atoms with E-state index >= 15 is 0 Å². The highest BCUT2D eigenvalue weighted by atomic mass is 35.5. The summed E-state index contributed by atoms with van der Waals surface area (Å²) in [7, 11) is 0. The van der Waals surface area contributed by atoms with Crippen molar-refractivity contribution in [3.05, 3.63) is 24.2 Å². The second kappa shape index (κ2) is 2.70. The number of pyridine rings is 1. The average molecular weight is 198 g/mol. The molecule has 0 aliphatic carbocycles. The number of aromatic nitrogens is 3. The lowest BCUT2D eigenvalue weighted by Gasteiger charge is -1.87. The van der Waals surface area contributed by atoms with Crippen LogP contribution in [0.3, 0.4) is 0 Å².